The lowest BCUT2D eigenvalue weighted by molar-refractivity contribution is -0.148. The first-order chi connectivity index (χ1) is 15.3. The average Bonchev–Trinajstić information content (AvgIpc) is 2.78. The molecule has 0 unspecified atom stereocenters. The van der Waals surface area contributed by atoms with Crippen molar-refractivity contribution < 1.29 is 19.0 Å². The summed E-state index contributed by atoms with van der Waals surface area (Å²) in [5, 5.41) is 4.41. The lowest BCUT2D eigenvalue weighted by Gasteiger charge is -2.19. The van der Waals surface area contributed by atoms with Gasteiger partial charge in [0.25, 0.3) is 5.56 Å². The number of carbonyl (C=O) groups is 1. The average molecular weight is 569 g/mol. The van der Waals surface area contributed by atoms with Crippen molar-refractivity contribution in [3.8, 4) is 11.5 Å². The van der Waals surface area contributed by atoms with Gasteiger partial charge in [0.05, 0.1) is 35.3 Å². The summed E-state index contributed by atoms with van der Waals surface area (Å²) in [5.74, 6) is 0.0741. The van der Waals surface area contributed by atoms with Crippen LogP contribution < -0.4 is 20.7 Å². The Labute approximate surface area is 199 Å². The van der Waals surface area contributed by atoms with Crippen LogP contribution in [-0.4, -0.2) is 41.7 Å². The summed E-state index contributed by atoms with van der Waals surface area (Å²) in [6.45, 7) is 3.68. The SMILES string of the molecule is CCOc1cc(C=Nn2c(=O)[nH]c3ccccc3c2=O)c(Br)c(Br)c1O[C@H](C)C(=O)OC. The van der Waals surface area contributed by atoms with E-state index in [4.69, 9.17) is 14.2 Å². The van der Waals surface area contributed by atoms with E-state index in [0.717, 1.165) is 4.68 Å². The van der Waals surface area contributed by atoms with Crippen molar-refractivity contribution in [1.29, 1.82) is 0 Å². The minimum absolute atomic E-state index is 0.287. The van der Waals surface area contributed by atoms with Crippen LogP contribution >= 0.6 is 31.9 Å². The molecule has 0 spiro atoms. The van der Waals surface area contributed by atoms with Gasteiger partial charge in [0, 0.05) is 10.0 Å². The zero-order chi connectivity index (χ0) is 23.4. The first-order valence-corrected chi connectivity index (χ1v) is 11.0. The third-order valence-corrected chi connectivity index (χ3v) is 6.52. The summed E-state index contributed by atoms with van der Waals surface area (Å²) < 4.78 is 17.8. The maximum absolute atomic E-state index is 12.7. The van der Waals surface area contributed by atoms with E-state index in [0.29, 0.717) is 37.8 Å². The van der Waals surface area contributed by atoms with Crippen LogP contribution in [-0.2, 0) is 9.53 Å². The second-order valence-corrected chi connectivity index (χ2v) is 8.06. The Balaban J connectivity index is 2.07. The van der Waals surface area contributed by atoms with Crippen molar-refractivity contribution in [3.05, 3.63) is 65.7 Å². The number of carbonyl (C=O) groups excluding carboxylic acids is 1. The zero-order valence-corrected chi connectivity index (χ0v) is 20.5. The number of aromatic nitrogens is 2. The van der Waals surface area contributed by atoms with Crippen molar-refractivity contribution in [2.24, 2.45) is 5.10 Å². The fourth-order valence-corrected chi connectivity index (χ4v) is 3.75. The molecule has 0 amide bonds. The van der Waals surface area contributed by atoms with Gasteiger partial charge < -0.3 is 19.2 Å². The van der Waals surface area contributed by atoms with Crippen molar-refractivity contribution in [2.45, 2.75) is 20.0 Å². The van der Waals surface area contributed by atoms with Crippen LogP contribution in [0.15, 0.2) is 54.0 Å². The summed E-state index contributed by atoms with van der Waals surface area (Å²) in [5.41, 5.74) is -0.291. The molecular formula is C21H19Br2N3O6. The second kappa shape index (κ2) is 10.1. The standard InChI is InChI=1S/C21H19Br2N3O6/c1-4-31-15-9-12(16(22)17(23)18(15)32-11(2)20(28)30-3)10-24-26-19(27)13-7-5-6-8-14(13)25-21(26)29/h5-11H,4H2,1-3H3,(H,25,29)/t11-/m1/s1. The Bertz CT molecular complexity index is 1320. The number of halogens is 2. The minimum Gasteiger partial charge on any atom is -0.490 e. The highest BCUT2D eigenvalue weighted by molar-refractivity contribution is 9.13. The number of aromatic amines is 1. The maximum Gasteiger partial charge on any atom is 0.349 e. The number of methoxy groups -OCH3 is 1. The van der Waals surface area contributed by atoms with Crippen LogP contribution in [0.2, 0.25) is 0 Å². The number of nitrogens with zero attached hydrogens (tertiary/aromatic N) is 2. The third-order valence-electron chi connectivity index (χ3n) is 4.38. The topological polar surface area (TPSA) is 112 Å². The molecule has 3 rings (SSSR count). The lowest BCUT2D eigenvalue weighted by atomic mass is 10.2. The monoisotopic (exact) mass is 567 g/mol. The van der Waals surface area contributed by atoms with E-state index in [1.807, 2.05) is 0 Å². The minimum atomic E-state index is -0.878. The van der Waals surface area contributed by atoms with Gasteiger partial charge in [-0.1, -0.05) is 12.1 Å². The quantitative estimate of drug-likeness (QED) is 0.345. The van der Waals surface area contributed by atoms with Gasteiger partial charge in [-0.2, -0.15) is 5.10 Å². The number of ether oxygens (including phenoxy) is 3. The van der Waals surface area contributed by atoms with E-state index in [1.54, 1.807) is 44.2 Å². The Morgan fingerprint density at radius 1 is 1.25 bits per heavy atom. The van der Waals surface area contributed by atoms with Gasteiger partial charge in [-0.05, 0) is 63.9 Å². The first kappa shape index (κ1) is 23.7. The van der Waals surface area contributed by atoms with E-state index in [1.165, 1.54) is 13.3 Å². The molecule has 32 heavy (non-hydrogen) atoms. The number of para-hydroxylation sites is 1. The molecule has 1 aromatic heterocycles. The van der Waals surface area contributed by atoms with E-state index < -0.39 is 23.3 Å². The molecule has 0 fully saturated rings. The molecule has 0 bridgehead atoms. The van der Waals surface area contributed by atoms with Crippen LogP contribution in [0.5, 0.6) is 11.5 Å². The molecule has 1 atom stereocenters. The molecule has 0 saturated heterocycles. The molecular weight excluding hydrogens is 550 g/mol. The number of fused-ring (bicyclic) bond motifs is 1. The highest BCUT2D eigenvalue weighted by Gasteiger charge is 2.22. The van der Waals surface area contributed by atoms with Crippen LogP contribution in [0.25, 0.3) is 10.9 Å². The molecule has 9 nitrogen and oxygen atoms in total. The zero-order valence-electron chi connectivity index (χ0n) is 17.3. The number of hydrogen-bond donors (Lipinski definition) is 1. The molecule has 3 aromatic rings. The number of H-pyrrole nitrogens is 1. The molecule has 0 aliphatic carbocycles. The van der Waals surface area contributed by atoms with Crippen molar-refractivity contribution in [2.75, 3.05) is 13.7 Å². The van der Waals surface area contributed by atoms with Gasteiger partial charge in [0.2, 0.25) is 0 Å². The predicted molar refractivity (Wildman–Crippen MR) is 127 cm³/mol. The van der Waals surface area contributed by atoms with E-state index in [-0.39, 0.29) is 5.75 Å². The third kappa shape index (κ3) is 4.78. The molecule has 168 valence electrons. The van der Waals surface area contributed by atoms with Gasteiger partial charge in [0.1, 0.15) is 0 Å². The van der Waals surface area contributed by atoms with E-state index in [9.17, 15) is 14.4 Å². The Hall–Kier alpha value is -2.92. The number of esters is 1. The predicted octanol–water partition coefficient (Wildman–Crippen LogP) is 3.44. The summed E-state index contributed by atoms with van der Waals surface area (Å²) in [7, 11) is 1.27. The van der Waals surface area contributed by atoms with Gasteiger partial charge in [-0.3, -0.25) is 4.79 Å². The maximum atomic E-state index is 12.7. The molecule has 11 heteroatoms. The van der Waals surface area contributed by atoms with Gasteiger partial charge in [-0.25, -0.2) is 9.59 Å². The Morgan fingerprint density at radius 3 is 2.66 bits per heavy atom. The molecule has 2 aromatic carbocycles. The van der Waals surface area contributed by atoms with E-state index >= 15 is 0 Å². The second-order valence-electron chi connectivity index (χ2n) is 6.47. The molecule has 0 radical (unpaired) electrons. The fourth-order valence-electron chi connectivity index (χ4n) is 2.84. The molecule has 1 heterocycles. The first-order valence-electron chi connectivity index (χ1n) is 9.46. The van der Waals surface area contributed by atoms with Gasteiger partial charge in [0.15, 0.2) is 17.6 Å². The summed E-state index contributed by atoms with van der Waals surface area (Å²) in [6.07, 6.45) is 0.465. The summed E-state index contributed by atoms with van der Waals surface area (Å²) in [6, 6.07) is 8.28. The van der Waals surface area contributed by atoms with Crippen LogP contribution in [0.3, 0.4) is 0 Å². The van der Waals surface area contributed by atoms with Crippen molar-refractivity contribution in [1.82, 2.24) is 9.66 Å². The molecule has 0 saturated carbocycles. The summed E-state index contributed by atoms with van der Waals surface area (Å²) >= 11 is 6.88. The number of benzene rings is 2. The fraction of sp³-hybridized carbons (Fsp3) is 0.238. The van der Waals surface area contributed by atoms with E-state index in [2.05, 4.69) is 41.9 Å². The molecule has 0 aliphatic rings. The number of rotatable bonds is 7. The summed E-state index contributed by atoms with van der Waals surface area (Å²) in [4.78, 5) is 39.4. The highest BCUT2D eigenvalue weighted by Crippen LogP contribution is 2.43. The van der Waals surface area contributed by atoms with Gasteiger partial charge in [-0.15, -0.1) is 4.68 Å². The van der Waals surface area contributed by atoms with Crippen LogP contribution in [0.4, 0.5) is 0 Å². The Morgan fingerprint density at radius 2 is 1.97 bits per heavy atom. The normalized spacial score (nSPS) is 12.2. The van der Waals surface area contributed by atoms with Crippen LogP contribution in [0, 0.1) is 0 Å². The number of nitrogens with one attached hydrogen (secondary N) is 1. The largest absolute Gasteiger partial charge is 0.490 e. The van der Waals surface area contributed by atoms with Gasteiger partial charge >= 0.3 is 11.7 Å². The van der Waals surface area contributed by atoms with Crippen LogP contribution in [0.1, 0.15) is 19.4 Å². The smallest absolute Gasteiger partial charge is 0.349 e. The lowest BCUT2D eigenvalue weighted by Crippen LogP contribution is -2.32. The molecule has 0 aliphatic heterocycles. The number of hydrogen-bond acceptors (Lipinski definition) is 7. The Kier molecular flexibility index (Phi) is 7.52. The van der Waals surface area contributed by atoms with Crippen molar-refractivity contribution >= 4 is 54.9 Å². The molecule has 1 N–H and O–H groups in total. The highest BCUT2D eigenvalue weighted by atomic mass is 79.9. The van der Waals surface area contributed by atoms with Crippen molar-refractivity contribution in [3.63, 3.8) is 0 Å².